The van der Waals surface area contributed by atoms with Crippen LogP contribution in [0, 0.1) is 12.3 Å². The summed E-state index contributed by atoms with van der Waals surface area (Å²) in [6.07, 6.45) is 0. The molecule has 0 atom stereocenters. The van der Waals surface area contributed by atoms with Gasteiger partial charge in [0, 0.05) is 5.41 Å². The molecular formula is C10H13ClOS. The Morgan fingerprint density at radius 3 is 2.31 bits per heavy atom. The molecule has 0 amide bonds. The van der Waals surface area contributed by atoms with Gasteiger partial charge in [0.1, 0.15) is 0 Å². The van der Waals surface area contributed by atoms with Crippen LogP contribution < -0.4 is 0 Å². The monoisotopic (exact) mass is 216 g/mol. The van der Waals surface area contributed by atoms with E-state index < -0.39 is 0 Å². The normalized spacial score (nSPS) is 11.8. The molecule has 0 saturated heterocycles. The Kier molecular flexibility index (Phi) is 2.83. The summed E-state index contributed by atoms with van der Waals surface area (Å²) in [6.45, 7) is 7.63. The number of aryl methyl sites for hydroxylation is 1. The SMILES string of the molecule is Cc1csc(C(=O)C(C)(C)C)c1Cl. The summed E-state index contributed by atoms with van der Waals surface area (Å²) in [5, 5.41) is 2.53. The third-order valence-corrected chi connectivity index (χ3v) is 3.48. The van der Waals surface area contributed by atoms with Crippen molar-refractivity contribution in [3.63, 3.8) is 0 Å². The van der Waals surface area contributed by atoms with Gasteiger partial charge >= 0.3 is 0 Å². The Morgan fingerprint density at radius 1 is 1.46 bits per heavy atom. The Hall–Kier alpha value is -0.340. The number of thiophene rings is 1. The van der Waals surface area contributed by atoms with Gasteiger partial charge in [0.05, 0.1) is 9.90 Å². The zero-order valence-corrected chi connectivity index (χ0v) is 9.84. The number of hydrogen-bond acceptors (Lipinski definition) is 2. The maximum Gasteiger partial charge on any atom is 0.179 e. The van der Waals surface area contributed by atoms with Crippen molar-refractivity contribution in [1.82, 2.24) is 0 Å². The summed E-state index contributed by atoms with van der Waals surface area (Å²) in [5.41, 5.74) is 0.639. The fraction of sp³-hybridized carbons (Fsp3) is 0.500. The molecule has 0 fully saturated rings. The van der Waals surface area contributed by atoms with Crippen LogP contribution in [0.3, 0.4) is 0 Å². The lowest BCUT2D eigenvalue weighted by molar-refractivity contribution is 0.0863. The van der Waals surface area contributed by atoms with Crippen LogP contribution in [0.15, 0.2) is 5.38 Å². The van der Waals surface area contributed by atoms with Crippen molar-refractivity contribution < 1.29 is 4.79 Å². The first-order chi connectivity index (χ1) is 5.84. The van der Waals surface area contributed by atoms with Crippen LogP contribution in [0.1, 0.15) is 36.0 Å². The van der Waals surface area contributed by atoms with Crippen molar-refractivity contribution in [2.45, 2.75) is 27.7 Å². The van der Waals surface area contributed by atoms with E-state index in [1.807, 2.05) is 33.1 Å². The number of carbonyl (C=O) groups excluding carboxylic acids is 1. The number of carbonyl (C=O) groups is 1. The van der Waals surface area contributed by atoms with Crippen molar-refractivity contribution in [2.24, 2.45) is 5.41 Å². The second-order valence-electron chi connectivity index (χ2n) is 4.14. The molecule has 0 unspecified atom stereocenters. The molecule has 0 spiro atoms. The van der Waals surface area contributed by atoms with E-state index in [1.165, 1.54) is 11.3 Å². The summed E-state index contributed by atoms with van der Waals surface area (Å²) in [6, 6.07) is 0. The quantitative estimate of drug-likeness (QED) is 0.650. The molecule has 3 heteroatoms. The number of ketones is 1. The predicted octanol–water partition coefficient (Wildman–Crippen LogP) is 3.94. The summed E-state index contributed by atoms with van der Waals surface area (Å²) < 4.78 is 0. The summed E-state index contributed by atoms with van der Waals surface area (Å²) in [4.78, 5) is 12.5. The van der Waals surface area contributed by atoms with Crippen LogP contribution in [0.4, 0.5) is 0 Å². The topological polar surface area (TPSA) is 17.1 Å². The lowest BCUT2D eigenvalue weighted by Crippen LogP contribution is -2.19. The van der Waals surface area contributed by atoms with Crippen LogP contribution in [0.2, 0.25) is 5.02 Å². The molecule has 1 aromatic heterocycles. The summed E-state index contributed by atoms with van der Waals surface area (Å²) in [7, 11) is 0. The molecule has 0 aliphatic heterocycles. The summed E-state index contributed by atoms with van der Waals surface area (Å²) in [5.74, 6) is 0.121. The fourth-order valence-corrected chi connectivity index (χ4v) is 2.35. The number of halogens is 1. The second-order valence-corrected chi connectivity index (χ2v) is 5.40. The highest BCUT2D eigenvalue weighted by molar-refractivity contribution is 7.13. The van der Waals surface area contributed by atoms with Crippen molar-refractivity contribution in [3.05, 3.63) is 20.8 Å². The minimum absolute atomic E-state index is 0.121. The highest BCUT2D eigenvalue weighted by Gasteiger charge is 2.26. The van der Waals surface area contributed by atoms with Gasteiger partial charge in [0.2, 0.25) is 0 Å². The van der Waals surface area contributed by atoms with Gasteiger partial charge in [0.15, 0.2) is 5.78 Å². The Labute approximate surface area is 87.7 Å². The standard InChI is InChI=1S/C10H13ClOS/c1-6-5-13-8(7(6)11)9(12)10(2,3)4/h5H,1-4H3. The lowest BCUT2D eigenvalue weighted by Gasteiger charge is -2.15. The molecule has 0 radical (unpaired) electrons. The average molecular weight is 217 g/mol. The maximum atomic E-state index is 11.8. The maximum absolute atomic E-state index is 11.8. The minimum atomic E-state index is -0.346. The van der Waals surface area contributed by atoms with Crippen LogP contribution in [-0.2, 0) is 0 Å². The van der Waals surface area contributed by atoms with E-state index in [-0.39, 0.29) is 11.2 Å². The van der Waals surface area contributed by atoms with Gasteiger partial charge in [-0.3, -0.25) is 4.79 Å². The molecule has 1 aromatic rings. The average Bonchev–Trinajstić information content (AvgIpc) is 2.30. The van der Waals surface area contributed by atoms with Crippen LogP contribution >= 0.6 is 22.9 Å². The van der Waals surface area contributed by atoms with Gasteiger partial charge in [0.25, 0.3) is 0 Å². The first-order valence-corrected chi connectivity index (χ1v) is 5.38. The smallest absolute Gasteiger partial charge is 0.179 e. The molecule has 0 bridgehead atoms. The largest absolute Gasteiger partial charge is 0.293 e. The van der Waals surface area contributed by atoms with Gasteiger partial charge in [-0.25, -0.2) is 0 Å². The molecule has 0 aromatic carbocycles. The predicted molar refractivity (Wildman–Crippen MR) is 57.9 cm³/mol. The van der Waals surface area contributed by atoms with E-state index >= 15 is 0 Å². The molecule has 0 saturated carbocycles. The van der Waals surface area contributed by atoms with Gasteiger partial charge in [-0.1, -0.05) is 32.4 Å². The van der Waals surface area contributed by atoms with Crippen molar-refractivity contribution in [2.75, 3.05) is 0 Å². The fourth-order valence-electron chi connectivity index (χ4n) is 0.924. The zero-order chi connectivity index (χ0) is 10.2. The molecule has 0 aliphatic rings. The van der Waals surface area contributed by atoms with Gasteiger partial charge in [-0.2, -0.15) is 0 Å². The molecular weight excluding hydrogens is 204 g/mol. The first kappa shape index (κ1) is 10.7. The van der Waals surface area contributed by atoms with Crippen LogP contribution in [-0.4, -0.2) is 5.78 Å². The second kappa shape index (κ2) is 3.43. The highest BCUT2D eigenvalue weighted by Crippen LogP contribution is 2.32. The van der Waals surface area contributed by atoms with Crippen molar-refractivity contribution in [3.8, 4) is 0 Å². The third-order valence-electron chi connectivity index (χ3n) is 1.79. The van der Waals surface area contributed by atoms with Gasteiger partial charge < -0.3 is 0 Å². The highest BCUT2D eigenvalue weighted by atomic mass is 35.5. The number of hydrogen-bond donors (Lipinski definition) is 0. The van der Waals surface area contributed by atoms with Crippen LogP contribution in [0.25, 0.3) is 0 Å². The molecule has 1 heterocycles. The van der Waals surface area contributed by atoms with Crippen LogP contribution in [0.5, 0.6) is 0 Å². The molecule has 0 N–H and O–H groups in total. The minimum Gasteiger partial charge on any atom is -0.293 e. The van der Waals surface area contributed by atoms with E-state index in [0.29, 0.717) is 9.90 Å². The molecule has 72 valence electrons. The Bertz CT molecular complexity index is 333. The van der Waals surface area contributed by atoms with Crippen molar-refractivity contribution in [1.29, 1.82) is 0 Å². The first-order valence-electron chi connectivity index (χ1n) is 4.12. The van der Waals surface area contributed by atoms with Gasteiger partial charge in [-0.05, 0) is 17.9 Å². The summed E-state index contributed by atoms with van der Waals surface area (Å²) >= 11 is 7.43. The lowest BCUT2D eigenvalue weighted by atomic mass is 9.90. The molecule has 1 rings (SSSR count). The molecule has 13 heavy (non-hydrogen) atoms. The van der Waals surface area contributed by atoms with E-state index in [2.05, 4.69) is 0 Å². The van der Waals surface area contributed by atoms with E-state index in [9.17, 15) is 4.79 Å². The Balaban J connectivity index is 3.10. The van der Waals surface area contributed by atoms with Gasteiger partial charge in [-0.15, -0.1) is 11.3 Å². The van der Waals surface area contributed by atoms with E-state index in [1.54, 1.807) is 0 Å². The Morgan fingerprint density at radius 2 is 2.00 bits per heavy atom. The zero-order valence-electron chi connectivity index (χ0n) is 8.27. The molecule has 1 nitrogen and oxygen atoms in total. The third kappa shape index (κ3) is 2.12. The van der Waals surface area contributed by atoms with Crippen molar-refractivity contribution >= 4 is 28.7 Å². The number of Topliss-reactive ketones (excluding diaryl/α,β-unsaturated/α-hetero) is 1. The molecule has 0 aliphatic carbocycles. The van der Waals surface area contributed by atoms with E-state index in [4.69, 9.17) is 11.6 Å². The van der Waals surface area contributed by atoms with E-state index in [0.717, 1.165) is 5.56 Å². The number of rotatable bonds is 1.